The first kappa shape index (κ1) is 16.5. The highest BCUT2D eigenvalue weighted by atomic mass is 127. The number of carbonyl (C=O) groups is 1. The molecular formula is C17H20INOS. The van der Waals surface area contributed by atoms with E-state index in [-0.39, 0.29) is 11.9 Å². The predicted molar refractivity (Wildman–Crippen MR) is 97.9 cm³/mol. The van der Waals surface area contributed by atoms with Crippen LogP contribution in [0.15, 0.2) is 35.7 Å². The van der Waals surface area contributed by atoms with Crippen LogP contribution in [0.2, 0.25) is 0 Å². The molecule has 1 N–H and O–H groups in total. The smallest absolute Gasteiger partial charge is 0.252 e. The summed E-state index contributed by atoms with van der Waals surface area (Å²) in [4.78, 5) is 12.4. The van der Waals surface area contributed by atoms with Crippen molar-refractivity contribution in [3.8, 4) is 0 Å². The summed E-state index contributed by atoms with van der Waals surface area (Å²) in [6.45, 7) is 6.42. The van der Waals surface area contributed by atoms with Crippen LogP contribution in [0.1, 0.15) is 48.3 Å². The average Bonchev–Trinajstić information content (AvgIpc) is 2.91. The van der Waals surface area contributed by atoms with Crippen molar-refractivity contribution in [2.45, 2.75) is 33.2 Å². The Morgan fingerprint density at radius 3 is 2.43 bits per heavy atom. The molecule has 0 aliphatic heterocycles. The third-order valence-electron chi connectivity index (χ3n) is 3.53. The van der Waals surface area contributed by atoms with Gasteiger partial charge in [-0.3, -0.25) is 4.79 Å². The number of benzene rings is 1. The van der Waals surface area contributed by atoms with E-state index in [9.17, 15) is 4.79 Å². The molecule has 0 spiro atoms. The van der Waals surface area contributed by atoms with Gasteiger partial charge >= 0.3 is 0 Å². The molecule has 1 atom stereocenters. The molecular weight excluding hydrogens is 393 g/mol. The van der Waals surface area contributed by atoms with Crippen LogP contribution in [-0.2, 0) is 6.42 Å². The Hall–Kier alpha value is -0.880. The Kier molecular flexibility index (Phi) is 5.81. The molecule has 0 aliphatic rings. The first-order valence-corrected chi connectivity index (χ1v) is 9.10. The van der Waals surface area contributed by atoms with E-state index in [1.165, 1.54) is 11.1 Å². The fourth-order valence-electron chi connectivity index (χ4n) is 2.25. The van der Waals surface area contributed by atoms with Crippen LogP contribution in [0.3, 0.4) is 0 Å². The van der Waals surface area contributed by atoms with Crippen LogP contribution in [0.4, 0.5) is 0 Å². The fourth-order valence-corrected chi connectivity index (χ4v) is 3.58. The zero-order chi connectivity index (χ0) is 15.4. The average molecular weight is 413 g/mol. The van der Waals surface area contributed by atoms with E-state index in [2.05, 4.69) is 72.9 Å². The summed E-state index contributed by atoms with van der Waals surface area (Å²) in [5.74, 6) is 0.353. The molecule has 0 fully saturated rings. The third kappa shape index (κ3) is 4.30. The monoisotopic (exact) mass is 413 g/mol. The topological polar surface area (TPSA) is 29.1 Å². The minimum absolute atomic E-state index is 0.00688. The van der Waals surface area contributed by atoms with Crippen LogP contribution >= 0.6 is 33.9 Å². The maximum absolute atomic E-state index is 12.4. The molecule has 2 aromatic rings. The summed E-state index contributed by atoms with van der Waals surface area (Å²) in [6.07, 6.45) is 1.03. The van der Waals surface area contributed by atoms with Gasteiger partial charge in [0.15, 0.2) is 0 Å². The highest BCUT2D eigenvalue weighted by Crippen LogP contribution is 2.24. The first-order valence-electron chi connectivity index (χ1n) is 7.15. The molecule has 4 heteroatoms. The quantitative estimate of drug-likeness (QED) is 0.684. The number of hydrogen-bond acceptors (Lipinski definition) is 2. The maximum atomic E-state index is 12.4. The summed E-state index contributed by atoms with van der Waals surface area (Å²) in [5.41, 5.74) is 3.24. The largest absolute Gasteiger partial charge is 0.345 e. The van der Waals surface area contributed by atoms with Crippen molar-refractivity contribution < 1.29 is 4.79 Å². The number of hydrogen-bond donors (Lipinski definition) is 1. The molecule has 112 valence electrons. The standard InChI is InChI=1S/C17H20INOS/c1-4-12-5-7-13(8-6-12)16(11(2)3)19-17(20)14-9-15(18)21-10-14/h5-11,16H,4H2,1-3H3,(H,19,20). The van der Waals surface area contributed by atoms with E-state index in [0.29, 0.717) is 5.92 Å². The van der Waals surface area contributed by atoms with Crippen LogP contribution in [0, 0.1) is 8.80 Å². The Balaban J connectivity index is 2.16. The summed E-state index contributed by atoms with van der Waals surface area (Å²) in [7, 11) is 0. The highest BCUT2D eigenvalue weighted by Gasteiger charge is 2.19. The summed E-state index contributed by atoms with van der Waals surface area (Å²) in [6, 6.07) is 10.5. The van der Waals surface area contributed by atoms with Crippen molar-refractivity contribution in [2.75, 3.05) is 0 Å². The van der Waals surface area contributed by atoms with Gasteiger partial charge in [-0.2, -0.15) is 0 Å². The molecule has 0 aliphatic carbocycles. The number of halogens is 1. The van der Waals surface area contributed by atoms with Crippen molar-refractivity contribution >= 4 is 39.8 Å². The van der Waals surface area contributed by atoms with Crippen molar-refractivity contribution in [3.05, 3.63) is 55.3 Å². The van der Waals surface area contributed by atoms with Gasteiger partial charge in [-0.05, 0) is 52.1 Å². The van der Waals surface area contributed by atoms with E-state index in [1.54, 1.807) is 11.3 Å². The fraction of sp³-hybridized carbons (Fsp3) is 0.353. The number of carbonyl (C=O) groups excluding carboxylic acids is 1. The Morgan fingerprint density at radius 1 is 1.29 bits per heavy atom. The molecule has 2 rings (SSSR count). The van der Waals surface area contributed by atoms with E-state index in [1.807, 2.05) is 11.4 Å². The minimum Gasteiger partial charge on any atom is -0.345 e. The van der Waals surface area contributed by atoms with Gasteiger partial charge in [0.25, 0.3) is 5.91 Å². The van der Waals surface area contributed by atoms with Crippen LogP contribution in [-0.4, -0.2) is 5.91 Å². The molecule has 0 saturated carbocycles. The Morgan fingerprint density at radius 2 is 1.95 bits per heavy atom. The number of thiophene rings is 1. The van der Waals surface area contributed by atoms with E-state index in [0.717, 1.165) is 14.9 Å². The maximum Gasteiger partial charge on any atom is 0.252 e. The molecule has 0 bridgehead atoms. The molecule has 1 heterocycles. The van der Waals surface area contributed by atoms with Crippen molar-refractivity contribution in [2.24, 2.45) is 5.92 Å². The third-order valence-corrected chi connectivity index (χ3v) is 5.32. The molecule has 1 unspecified atom stereocenters. The molecule has 21 heavy (non-hydrogen) atoms. The van der Waals surface area contributed by atoms with Gasteiger partial charge in [0.1, 0.15) is 0 Å². The van der Waals surface area contributed by atoms with Gasteiger partial charge in [-0.25, -0.2) is 0 Å². The van der Waals surface area contributed by atoms with Crippen molar-refractivity contribution in [3.63, 3.8) is 0 Å². The summed E-state index contributed by atoms with van der Waals surface area (Å²) < 4.78 is 1.13. The van der Waals surface area contributed by atoms with Gasteiger partial charge in [-0.1, -0.05) is 45.0 Å². The number of amides is 1. The predicted octanol–water partition coefficient (Wildman–Crippen LogP) is 5.04. The van der Waals surface area contributed by atoms with E-state index < -0.39 is 0 Å². The number of rotatable bonds is 5. The second-order valence-corrected chi connectivity index (χ2v) is 8.24. The van der Waals surface area contributed by atoms with E-state index in [4.69, 9.17) is 0 Å². The van der Waals surface area contributed by atoms with Gasteiger partial charge in [-0.15, -0.1) is 11.3 Å². The molecule has 0 saturated heterocycles. The number of nitrogens with one attached hydrogen (secondary N) is 1. The zero-order valence-electron chi connectivity index (χ0n) is 12.5. The first-order chi connectivity index (χ1) is 10.0. The van der Waals surface area contributed by atoms with Crippen molar-refractivity contribution in [1.29, 1.82) is 0 Å². The molecule has 1 aromatic heterocycles. The van der Waals surface area contributed by atoms with Crippen LogP contribution < -0.4 is 5.32 Å². The van der Waals surface area contributed by atoms with Crippen molar-refractivity contribution in [1.82, 2.24) is 5.32 Å². The van der Waals surface area contributed by atoms with Crippen LogP contribution in [0.25, 0.3) is 0 Å². The molecule has 0 radical (unpaired) electrons. The number of aryl methyl sites for hydroxylation is 1. The van der Waals surface area contributed by atoms with Gasteiger partial charge in [0, 0.05) is 5.38 Å². The van der Waals surface area contributed by atoms with Gasteiger partial charge in [0.2, 0.25) is 0 Å². The minimum atomic E-state index is 0.00688. The summed E-state index contributed by atoms with van der Waals surface area (Å²) >= 11 is 3.83. The van der Waals surface area contributed by atoms with Gasteiger partial charge < -0.3 is 5.32 Å². The van der Waals surface area contributed by atoms with E-state index >= 15 is 0 Å². The zero-order valence-corrected chi connectivity index (χ0v) is 15.5. The lowest BCUT2D eigenvalue weighted by Crippen LogP contribution is -2.31. The molecule has 1 amide bonds. The summed E-state index contributed by atoms with van der Waals surface area (Å²) in [5, 5.41) is 5.08. The second-order valence-electron chi connectivity index (χ2n) is 5.43. The molecule has 1 aromatic carbocycles. The lowest BCUT2D eigenvalue weighted by atomic mass is 9.94. The normalized spacial score (nSPS) is 12.4. The molecule has 2 nitrogen and oxygen atoms in total. The second kappa shape index (κ2) is 7.40. The van der Waals surface area contributed by atoms with Gasteiger partial charge in [0.05, 0.1) is 14.5 Å². The SMILES string of the molecule is CCc1ccc(C(NC(=O)c2csc(I)c2)C(C)C)cc1. The van der Waals surface area contributed by atoms with Crippen LogP contribution in [0.5, 0.6) is 0 Å². The Bertz CT molecular complexity index is 604. The lowest BCUT2D eigenvalue weighted by Gasteiger charge is -2.23. The highest BCUT2D eigenvalue weighted by molar-refractivity contribution is 14.1. The lowest BCUT2D eigenvalue weighted by molar-refractivity contribution is 0.0926. The Labute approximate surface area is 144 Å².